The quantitative estimate of drug-likeness (QED) is 0.411. The molecule has 0 aromatic carbocycles. The summed E-state index contributed by atoms with van der Waals surface area (Å²) in [6.45, 7) is 0.798. The minimum Gasteiger partial charge on any atom is -0.390 e. The minimum absolute atomic E-state index is 0.107. The summed E-state index contributed by atoms with van der Waals surface area (Å²) in [4.78, 5) is 37.6. The number of nitrogens with two attached hydrogens (primary N) is 1. The van der Waals surface area contributed by atoms with E-state index in [9.17, 15) is 19.5 Å². The van der Waals surface area contributed by atoms with Gasteiger partial charge in [-0.2, -0.15) is 0 Å². The van der Waals surface area contributed by atoms with Gasteiger partial charge >= 0.3 is 5.69 Å². The number of carbonyl (C=O) groups is 1. The minimum atomic E-state index is -0.787. The molecule has 5 N–H and O–H groups in total. The Morgan fingerprint density at radius 1 is 1.60 bits per heavy atom. The Morgan fingerprint density at radius 3 is 3.04 bits per heavy atom. The summed E-state index contributed by atoms with van der Waals surface area (Å²) in [6, 6.07) is 0. The number of rotatable bonds is 7. The van der Waals surface area contributed by atoms with E-state index in [0.29, 0.717) is 13.1 Å². The fraction of sp³-hybridized carbons (Fsp3) is 0.533. The maximum Gasteiger partial charge on any atom is 0.330 e. The monoisotopic (exact) mass is 354 g/mol. The molecule has 1 saturated heterocycles. The first-order valence-electron chi connectivity index (χ1n) is 7.80. The number of aromatic amines is 1. The average Bonchev–Trinajstić information content (AvgIpc) is 2.93. The Labute approximate surface area is 143 Å². The Balaban J connectivity index is 2.21. The Kier molecular flexibility index (Phi) is 6.65. The van der Waals surface area contributed by atoms with E-state index in [1.54, 1.807) is 0 Å². The maximum atomic E-state index is 12.0. The molecule has 25 heavy (non-hydrogen) atoms. The highest BCUT2D eigenvalue weighted by atomic mass is 16.6. The van der Waals surface area contributed by atoms with Crippen molar-refractivity contribution in [2.24, 2.45) is 5.73 Å². The molecule has 3 atom stereocenters. The molecular weight excluding hydrogens is 332 g/mol. The average molecular weight is 354 g/mol. The van der Waals surface area contributed by atoms with Crippen molar-refractivity contribution < 1.29 is 19.4 Å². The number of H-pyrrole nitrogens is 1. The predicted octanol–water partition coefficient (Wildman–Crippen LogP) is -2.08. The lowest BCUT2D eigenvalue weighted by molar-refractivity contribution is -0.116. The van der Waals surface area contributed by atoms with Crippen molar-refractivity contribution >= 4 is 12.0 Å². The van der Waals surface area contributed by atoms with Gasteiger partial charge in [-0.1, -0.05) is 0 Å². The molecule has 0 spiro atoms. The number of ether oxygens (including phenoxy) is 2. The molecule has 2 rings (SSSR count). The predicted molar refractivity (Wildman–Crippen MR) is 88.8 cm³/mol. The van der Waals surface area contributed by atoms with Crippen molar-refractivity contribution in [2.45, 2.75) is 24.9 Å². The summed E-state index contributed by atoms with van der Waals surface area (Å²) in [6.07, 6.45) is 1.85. The summed E-state index contributed by atoms with van der Waals surface area (Å²) in [5.74, 6) is -0.407. The zero-order valence-electron chi connectivity index (χ0n) is 13.8. The van der Waals surface area contributed by atoms with Crippen LogP contribution in [0.25, 0.3) is 6.08 Å². The van der Waals surface area contributed by atoms with E-state index in [1.807, 2.05) is 0 Å². The summed E-state index contributed by atoms with van der Waals surface area (Å²) in [5.41, 5.74) is 4.10. The molecule has 1 aliphatic rings. The second-order valence-corrected chi connectivity index (χ2v) is 5.55. The number of aliphatic hydroxyl groups excluding tert-OH is 1. The molecule has 2 heterocycles. The smallest absolute Gasteiger partial charge is 0.330 e. The summed E-state index contributed by atoms with van der Waals surface area (Å²) < 4.78 is 11.7. The first kappa shape index (κ1) is 19.1. The molecule has 10 nitrogen and oxygen atoms in total. The van der Waals surface area contributed by atoms with Crippen LogP contribution in [-0.2, 0) is 14.3 Å². The number of nitrogens with one attached hydrogen (secondary N) is 2. The van der Waals surface area contributed by atoms with E-state index in [-0.39, 0.29) is 18.6 Å². The fourth-order valence-corrected chi connectivity index (χ4v) is 2.45. The van der Waals surface area contributed by atoms with Gasteiger partial charge in [0, 0.05) is 38.9 Å². The molecule has 1 amide bonds. The van der Waals surface area contributed by atoms with Gasteiger partial charge in [0.2, 0.25) is 5.91 Å². The zero-order valence-corrected chi connectivity index (χ0v) is 13.8. The van der Waals surface area contributed by atoms with Crippen LogP contribution in [0, 0.1) is 0 Å². The molecule has 1 unspecified atom stereocenters. The van der Waals surface area contributed by atoms with Crippen molar-refractivity contribution in [1.82, 2.24) is 14.9 Å². The summed E-state index contributed by atoms with van der Waals surface area (Å²) >= 11 is 0. The van der Waals surface area contributed by atoms with Gasteiger partial charge in [0.1, 0.15) is 12.3 Å². The molecule has 10 heteroatoms. The lowest BCUT2D eigenvalue weighted by atomic mass is 10.2. The van der Waals surface area contributed by atoms with Crippen molar-refractivity contribution in [2.75, 3.05) is 26.8 Å². The highest BCUT2D eigenvalue weighted by Gasteiger charge is 2.35. The number of aliphatic hydroxyl groups is 1. The molecule has 1 aromatic rings. The molecular formula is C15H22N4O6. The molecule has 0 radical (unpaired) electrons. The molecule has 1 aliphatic heterocycles. The van der Waals surface area contributed by atoms with Crippen LogP contribution < -0.4 is 22.3 Å². The highest BCUT2D eigenvalue weighted by molar-refractivity contribution is 5.91. The zero-order chi connectivity index (χ0) is 18.4. The lowest BCUT2D eigenvalue weighted by Gasteiger charge is -2.15. The van der Waals surface area contributed by atoms with E-state index < -0.39 is 35.6 Å². The molecule has 0 saturated carbocycles. The SMILES string of the molecule is COC[C@H]1O[C@@H](n2cc(/C=C/C(=O)NCCN)c(=O)[nH]c2=O)CC1O. The third-order valence-corrected chi connectivity index (χ3v) is 3.70. The van der Waals surface area contributed by atoms with Gasteiger partial charge in [0.15, 0.2) is 0 Å². The van der Waals surface area contributed by atoms with Crippen molar-refractivity contribution in [1.29, 1.82) is 0 Å². The second kappa shape index (κ2) is 8.72. The van der Waals surface area contributed by atoms with Gasteiger partial charge in [0.25, 0.3) is 5.56 Å². The van der Waals surface area contributed by atoms with Gasteiger partial charge in [-0.15, -0.1) is 0 Å². The van der Waals surface area contributed by atoms with Gasteiger partial charge in [-0.25, -0.2) is 4.79 Å². The van der Waals surface area contributed by atoms with Gasteiger partial charge < -0.3 is 25.6 Å². The Bertz CT molecular complexity index is 740. The highest BCUT2D eigenvalue weighted by Crippen LogP contribution is 2.27. The number of nitrogens with zero attached hydrogens (tertiary/aromatic N) is 1. The number of hydrogen-bond acceptors (Lipinski definition) is 7. The van der Waals surface area contributed by atoms with Crippen molar-refractivity contribution in [3.8, 4) is 0 Å². The number of aromatic nitrogens is 2. The molecule has 1 aromatic heterocycles. The normalized spacial score (nSPS) is 23.2. The number of carbonyl (C=O) groups excluding carboxylic acids is 1. The number of methoxy groups -OCH3 is 1. The Morgan fingerprint density at radius 2 is 2.36 bits per heavy atom. The van der Waals surface area contributed by atoms with E-state index >= 15 is 0 Å². The summed E-state index contributed by atoms with van der Waals surface area (Å²) in [7, 11) is 1.48. The third kappa shape index (κ3) is 4.86. The van der Waals surface area contributed by atoms with Gasteiger partial charge in [-0.05, 0) is 6.08 Å². The van der Waals surface area contributed by atoms with E-state index in [4.69, 9.17) is 15.2 Å². The third-order valence-electron chi connectivity index (χ3n) is 3.70. The lowest BCUT2D eigenvalue weighted by Crippen LogP contribution is -2.33. The van der Waals surface area contributed by atoms with Crippen LogP contribution in [0.5, 0.6) is 0 Å². The van der Waals surface area contributed by atoms with Crippen molar-refractivity contribution in [3.05, 3.63) is 38.7 Å². The van der Waals surface area contributed by atoms with E-state index in [0.717, 1.165) is 0 Å². The van der Waals surface area contributed by atoms with Crippen LogP contribution in [0.2, 0.25) is 0 Å². The first-order valence-corrected chi connectivity index (χ1v) is 7.80. The van der Waals surface area contributed by atoms with Crippen molar-refractivity contribution in [3.63, 3.8) is 0 Å². The largest absolute Gasteiger partial charge is 0.390 e. The number of hydrogen-bond donors (Lipinski definition) is 4. The number of amides is 1. The van der Waals surface area contributed by atoms with Crippen LogP contribution in [0.4, 0.5) is 0 Å². The summed E-state index contributed by atoms with van der Waals surface area (Å²) in [5, 5.41) is 12.5. The fourth-order valence-electron chi connectivity index (χ4n) is 2.45. The maximum absolute atomic E-state index is 12.0. The van der Waals surface area contributed by atoms with Crippen LogP contribution in [0.3, 0.4) is 0 Å². The second-order valence-electron chi connectivity index (χ2n) is 5.55. The van der Waals surface area contributed by atoms with Crippen LogP contribution in [-0.4, -0.2) is 59.6 Å². The van der Waals surface area contributed by atoms with E-state index in [2.05, 4.69) is 10.3 Å². The van der Waals surface area contributed by atoms with Crippen LogP contribution in [0.1, 0.15) is 18.2 Å². The van der Waals surface area contributed by atoms with Crippen LogP contribution in [0.15, 0.2) is 21.9 Å². The molecule has 1 fully saturated rings. The molecule has 0 aliphatic carbocycles. The Hall–Kier alpha value is -2.27. The molecule has 138 valence electrons. The standard InChI is InChI=1S/C15H22N4O6/c1-24-8-11-10(20)6-13(25-11)19-7-9(14(22)18-15(19)23)2-3-12(21)17-5-4-16/h2-3,7,10-11,13,20H,4-6,8,16H2,1H3,(H,17,21)(H,18,22,23)/b3-2+/t10?,11-,13-/m1/s1. The van der Waals surface area contributed by atoms with E-state index in [1.165, 1.54) is 30.0 Å². The molecule has 0 bridgehead atoms. The topological polar surface area (TPSA) is 149 Å². The first-order chi connectivity index (χ1) is 12.0. The van der Waals surface area contributed by atoms with Crippen LogP contribution >= 0.6 is 0 Å². The van der Waals surface area contributed by atoms with Gasteiger partial charge in [-0.3, -0.25) is 19.1 Å². The van der Waals surface area contributed by atoms with Gasteiger partial charge in [0.05, 0.1) is 18.3 Å².